The van der Waals surface area contributed by atoms with Crippen LogP contribution >= 0.6 is 0 Å². The van der Waals surface area contributed by atoms with Gasteiger partial charge in [0.25, 0.3) is 5.91 Å². The van der Waals surface area contributed by atoms with E-state index in [0.29, 0.717) is 23.7 Å². The van der Waals surface area contributed by atoms with Gasteiger partial charge in [-0.3, -0.25) is 9.69 Å². The minimum absolute atomic E-state index is 0.117. The lowest BCUT2D eigenvalue weighted by Crippen LogP contribution is -2.32. The zero-order valence-corrected chi connectivity index (χ0v) is 18.5. The minimum atomic E-state index is -0.731. The van der Waals surface area contributed by atoms with E-state index in [2.05, 4.69) is 10.1 Å². The molecule has 0 radical (unpaired) electrons. The number of urea groups is 1. The van der Waals surface area contributed by atoms with Crippen molar-refractivity contribution in [3.05, 3.63) is 102 Å². The summed E-state index contributed by atoms with van der Waals surface area (Å²) >= 11 is 0. The summed E-state index contributed by atoms with van der Waals surface area (Å²) in [6, 6.07) is 25.0. The molecule has 8 nitrogen and oxygen atoms in total. The van der Waals surface area contributed by atoms with E-state index in [4.69, 9.17) is 9.26 Å². The van der Waals surface area contributed by atoms with Crippen LogP contribution in [0.5, 0.6) is 5.75 Å². The molecule has 8 heteroatoms. The number of carbonyl (C=O) groups excluding carboxylic acids is 2. The molecule has 4 aromatic rings. The van der Waals surface area contributed by atoms with Crippen molar-refractivity contribution in [2.24, 2.45) is 0 Å². The first-order valence-corrected chi connectivity index (χ1v) is 10.8. The van der Waals surface area contributed by atoms with E-state index in [0.717, 1.165) is 11.1 Å². The minimum Gasteiger partial charge on any atom is -0.496 e. The topological polar surface area (TPSA) is 88.8 Å². The van der Waals surface area contributed by atoms with Gasteiger partial charge in [0.2, 0.25) is 11.7 Å². The molecule has 0 spiro atoms. The number of hydrogen-bond donors (Lipinski definition) is 0. The summed E-state index contributed by atoms with van der Waals surface area (Å²) in [7, 11) is 1.56. The Balaban J connectivity index is 1.43. The summed E-state index contributed by atoms with van der Waals surface area (Å²) in [5.74, 6) is 0.758. The van der Waals surface area contributed by atoms with Gasteiger partial charge in [0, 0.05) is 6.54 Å². The highest BCUT2D eigenvalue weighted by Gasteiger charge is 2.46. The smallest absolute Gasteiger partial charge is 0.328 e. The molecular weight excluding hydrogens is 432 g/mol. The number of carbonyl (C=O) groups is 2. The molecule has 0 aliphatic carbocycles. The van der Waals surface area contributed by atoms with Crippen molar-refractivity contribution in [1.29, 1.82) is 0 Å². The molecule has 1 unspecified atom stereocenters. The number of ether oxygens (including phenoxy) is 1. The van der Waals surface area contributed by atoms with Gasteiger partial charge in [0.15, 0.2) is 0 Å². The lowest BCUT2D eigenvalue weighted by Gasteiger charge is -2.22. The maximum absolute atomic E-state index is 13.5. The van der Waals surface area contributed by atoms with Crippen molar-refractivity contribution >= 4 is 11.9 Å². The van der Waals surface area contributed by atoms with Crippen LogP contribution < -0.4 is 4.74 Å². The molecule has 1 aliphatic rings. The number of para-hydroxylation sites is 1. The Morgan fingerprint density at radius 3 is 2.29 bits per heavy atom. The first kappa shape index (κ1) is 21.4. The van der Waals surface area contributed by atoms with Gasteiger partial charge >= 0.3 is 6.03 Å². The number of nitrogens with zero attached hydrogens (tertiary/aromatic N) is 4. The predicted octanol–water partition coefficient (Wildman–Crippen LogP) is 4.45. The van der Waals surface area contributed by atoms with Gasteiger partial charge < -0.3 is 14.2 Å². The summed E-state index contributed by atoms with van der Waals surface area (Å²) < 4.78 is 10.8. The lowest BCUT2D eigenvalue weighted by molar-refractivity contribution is -0.129. The summed E-state index contributed by atoms with van der Waals surface area (Å²) in [6.07, 6.45) is 0. The Labute approximate surface area is 196 Å². The van der Waals surface area contributed by atoms with Crippen molar-refractivity contribution in [1.82, 2.24) is 19.9 Å². The highest BCUT2D eigenvalue weighted by Crippen LogP contribution is 2.34. The van der Waals surface area contributed by atoms with Crippen molar-refractivity contribution in [3.63, 3.8) is 0 Å². The van der Waals surface area contributed by atoms with E-state index >= 15 is 0 Å². The van der Waals surface area contributed by atoms with E-state index in [1.54, 1.807) is 18.1 Å². The van der Waals surface area contributed by atoms with Crippen molar-refractivity contribution < 1.29 is 18.8 Å². The quantitative estimate of drug-likeness (QED) is 0.383. The Morgan fingerprint density at radius 2 is 1.56 bits per heavy atom. The van der Waals surface area contributed by atoms with Gasteiger partial charge in [-0.1, -0.05) is 78.0 Å². The van der Waals surface area contributed by atoms with Crippen molar-refractivity contribution in [3.8, 4) is 17.1 Å². The highest BCUT2D eigenvalue weighted by atomic mass is 16.5. The molecule has 3 amide bonds. The molecule has 2 heterocycles. The molecule has 5 rings (SSSR count). The average molecular weight is 454 g/mol. The Kier molecular flexibility index (Phi) is 5.78. The maximum Gasteiger partial charge on any atom is 0.328 e. The van der Waals surface area contributed by atoms with Gasteiger partial charge in [0.1, 0.15) is 18.3 Å². The molecule has 3 aromatic carbocycles. The van der Waals surface area contributed by atoms with Gasteiger partial charge in [-0.15, -0.1) is 0 Å². The monoisotopic (exact) mass is 454 g/mol. The van der Waals surface area contributed by atoms with Crippen LogP contribution in [0.25, 0.3) is 11.4 Å². The van der Waals surface area contributed by atoms with E-state index < -0.39 is 12.1 Å². The largest absolute Gasteiger partial charge is 0.496 e. The number of imide groups is 1. The van der Waals surface area contributed by atoms with E-state index in [1.165, 1.54) is 4.90 Å². The van der Waals surface area contributed by atoms with Crippen LogP contribution in [0.1, 0.15) is 23.1 Å². The third kappa shape index (κ3) is 4.01. The first-order valence-electron chi connectivity index (χ1n) is 10.8. The molecule has 1 fully saturated rings. The molecule has 1 aromatic heterocycles. The Morgan fingerprint density at radius 1 is 0.882 bits per heavy atom. The second-order valence-corrected chi connectivity index (χ2v) is 7.85. The van der Waals surface area contributed by atoms with Crippen molar-refractivity contribution in [2.75, 3.05) is 7.11 Å². The van der Waals surface area contributed by atoms with Crippen LogP contribution in [0, 0.1) is 0 Å². The van der Waals surface area contributed by atoms with Crippen LogP contribution in [-0.4, -0.2) is 39.0 Å². The zero-order chi connectivity index (χ0) is 23.5. The molecule has 1 saturated heterocycles. The Bertz CT molecular complexity index is 1310. The number of rotatable bonds is 7. The first-order chi connectivity index (χ1) is 16.7. The van der Waals surface area contributed by atoms with Gasteiger partial charge in [0.05, 0.1) is 12.7 Å². The van der Waals surface area contributed by atoms with Crippen molar-refractivity contribution in [2.45, 2.75) is 19.1 Å². The maximum atomic E-state index is 13.5. The lowest BCUT2D eigenvalue weighted by atomic mass is 10.1. The van der Waals surface area contributed by atoms with Crippen LogP contribution in [0.4, 0.5) is 4.79 Å². The molecule has 170 valence electrons. The fraction of sp³-hybridized carbons (Fsp3) is 0.154. The second kappa shape index (κ2) is 9.19. The molecule has 1 aliphatic heterocycles. The number of benzene rings is 3. The van der Waals surface area contributed by atoms with Crippen LogP contribution in [0.2, 0.25) is 0 Å². The molecule has 0 saturated carbocycles. The number of aromatic nitrogens is 2. The fourth-order valence-corrected chi connectivity index (χ4v) is 4.08. The van der Waals surface area contributed by atoms with Gasteiger partial charge in [-0.05, 0) is 23.3 Å². The molecular formula is C26H22N4O4. The van der Waals surface area contributed by atoms with Gasteiger partial charge in [-0.25, -0.2) is 4.79 Å². The van der Waals surface area contributed by atoms with E-state index in [1.807, 2.05) is 78.9 Å². The van der Waals surface area contributed by atoms with E-state index in [9.17, 15) is 9.59 Å². The summed E-state index contributed by atoms with van der Waals surface area (Å²) in [4.78, 5) is 34.0. The summed E-state index contributed by atoms with van der Waals surface area (Å²) in [5, 5.41) is 4.02. The molecule has 0 N–H and O–H groups in total. The third-order valence-corrected chi connectivity index (χ3v) is 5.71. The normalized spacial score (nSPS) is 15.7. The molecule has 34 heavy (non-hydrogen) atoms. The predicted molar refractivity (Wildman–Crippen MR) is 123 cm³/mol. The van der Waals surface area contributed by atoms with E-state index in [-0.39, 0.29) is 18.3 Å². The molecule has 1 atom stereocenters. The van der Waals surface area contributed by atoms with Crippen LogP contribution in [-0.2, 0) is 17.9 Å². The standard InChI is InChI=1S/C26H22N4O4/c1-33-21-15-9-8-14-20(21)24-27-22(34-28-24)17-30-25(31)23(19-12-6-3-7-13-19)29(26(30)32)16-18-10-4-2-5-11-18/h2-15,23H,16-17H2,1H3. The van der Waals surface area contributed by atoms with Crippen LogP contribution in [0.15, 0.2) is 89.5 Å². The second-order valence-electron chi connectivity index (χ2n) is 7.85. The Hall–Kier alpha value is -4.46. The van der Waals surface area contributed by atoms with Gasteiger partial charge in [-0.2, -0.15) is 4.98 Å². The summed E-state index contributed by atoms with van der Waals surface area (Å²) in [6.45, 7) is 0.187. The number of methoxy groups -OCH3 is 1. The zero-order valence-electron chi connectivity index (χ0n) is 18.5. The average Bonchev–Trinajstić information content (AvgIpc) is 3.44. The number of hydrogen-bond acceptors (Lipinski definition) is 6. The molecule has 0 bridgehead atoms. The third-order valence-electron chi connectivity index (χ3n) is 5.71. The fourth-order valence-electron chi connectivity index (χ4n) is 4.08. The number of amides is 3. The summed E-state index contributed by atoms with van der Waals surface area (Å²) in [5.41, 5.74) is 2.34. The van der Waals surface area contributed by atoms with Crippen LogP contribution in [0.3, 0.4) is 0 Å². The highest BCUT2D eigenvalue weighted by molar-refractivity contribution is 6.04. The SMILES string of the molecule is COc1ccccc1-c1noc(CN2C(=O)C(c3ccccc3)N(Cc3ccccc3)C2=O)n1.